The lowest BCUT2D eigenvalue weighted by Gasteiger charge is -2.22. The first kappa shape index (κ1) is 61.0. The summed E-state index contributed by atoms with van der Waals surface area (Å²) in [6.07, 6.45) is 27.4. The molecule has 0 heterocycles. The highest BCUT2D eigenvalue weighted by Crippen LogP contribution is 2.28. The summed E-state index contributed by atoms with van der Waals surface area (Å²) in [4.78, 5) is 42.1. The SMILES string of the molecule is CCCCCCCCOC(CCC(=O)OC1CC(NC(=O)OCCCN(CC)CC)CC1OC(=O)CCC(OCCCCCCCC)OCCCCCCCC)OCCCCCCCC. The second-order valence-corrected chi connectivity index (χ2v) is 18.4. The van der Waals surface area contributed by atoms with Gasteiger partial charge < -0.3 is 43.4 Å². The van der Waals surface area contributed by atoms with Crippen LogP contribution in [-0.4, -0.2) is 106 Å². The molecule has 2 unspecified atom stereocenters. The summed E-state index contributed by atoms with van der Waals surface area (Å²) in [5, 5.41) is 2.94. The van der Waals surface area contributed by atoms with Crippen LogP contribution in [0, 0.1) is 0 Å². The molecule has 0 bridgehead atoms. The number of rotatable bonds is 47. The monoisotopic (exact) mass is 927 g/mol. The molecule has 384 valence electrons. The van der Waals surface area contributed by atoms with E-state index in [4.69, 9.17) is 33.2 Å². The Morgan fingerprint density at radius 3 is 1.14 bits per heavy atom. The van der Waals surface area contributed by atoms with Crippen molar-refractivity contribution in [3.8, 4) is 0 Å². The molecule has 2 atom stereocenters. The van der Waals surface area contributed by atoms with Crippen LogP contribution in [0.5, 0.6) is 0 Å². The molecule has 0 aromatic carbocycles. The zero-order valence-corrected chi connectivity index (χ0v) is 43.0. The molecule has 1 N–H and O–H groups in total. The third-order valence-corrected chi connectivity index (χ3v) is 12.5. The van der Waals surface area contributed by atoms with Gasteiger partial charge in [-0.05, 0) is 45.2 Å². The Balaban J connectivity index is 2.90. The number of unbranched alkanes of at least 4 members (excludes halogenated alkanes) is 20. The molecule has 0 aromatic heterocycles. The Bertz CT molecular complexity index is 993. The molecule has 12 heteroatoms. The minimum atomic E-state index is -0.713. The van der Waals surface area contributed by atoms with Crippen molar-refractivity contribution in [1.82, 2.24) is 10.2 Å². The van der Waals surface area contributed by atoms with Crippen molar-refractivity contribution in [2.75, 3.05) is 52.7 Å². The fourth-order valence-electron chi connectivity index (χ4n) is 8.27. The molecule has 0 spiro atoms. The first-order chi connectivity index (χ1) is 31.8. The van der Waals surface area contributed by atoms with Gasteiger partial charge in [-0.3, -0.25) is 9.59 Å². The van der Waals surface area contributed by atoms with Crippen LogP contribution < -0.4 is 5.32 Å². The van der Waals surface area contributed by atoms with Gasteiger partial charge in [-0.1, -0.05) is 170 Å². The van der Waals surface area contributed by atoms with Crippen molar-refractivity contribution < 1.29 is 47.5 Å². The van der Waals surface area contributed by atoms with Gasteiger partial charge in [0.15, 0.2) is 12.6 Å². The van der Waals surface area contributed by atoms with Gasteiger partial charge in [-0.2, -0.15) is 0 Å². The van der Waals surface area contributed by atoms with Crippen molar-refractivity contribution in [2.45, 2.75) is 271 Å². The molecule has 65 heavy (non-hydrogen) atoms. The van der Waals surface area contributed by atoms with Gasteiger partial charge in [-0.15, -0.1) is 0 Å². The molecule has 0 aliphatic heterocycles. The number of esters is 2. The maximum Gasteiger partial charge on any atom is 0.407 e. The fraction of sp³-hybridized carbons (Fsp3) is 0.943. The van der Waals surface area contributed by atoms with Crippen LogP contribution in [0.25, 0.3) is 0 Å². The van der Waals surface area contributed by atoms with Gasteiger partial charge in [-0.25, -0.2) is 4.79 Å². The summed E-state index contributed by atoms with van der Waals surface area (Å²) in [6, 6.07) is -0.385. The average Bonchev–Trinajstić information content (AvgIpc) is 3.66. The van der Waals surface area contributed by atoms with E-state index in [1.165, 1.54) is 103 Å². The van der Waals surface area contributed by atoms with Crippen molar-refractivity contribution in [2.24, 2.45) is 0 Å². The average molecular weight is 927 g/mol. The van der Waals surface area contributed by atoms with E-state index < -0.39 is 42.8 Å². The number of carbonyl (C=O) groups excluding carboxylic acids is 3. The topological polar surface area (TPSA) is 131 Å². The van der Waals surface area contributed by atoms with E-state index in [2.05, 4.69) is 51.8 Å². The predicted molar refractivity (Wildman–Crippen MR) is 263 cm³/mol. The molecule has 1 saturated carbocycles. The van der Waals surface area contributed by atoms with Gasteiger partial charge in [0.05, 0.1) is 19.4 Å². The summed E-state index contributed by atoms with van der Waals surface area (Å²) < 4.78 is 42.3. The fourth-order valence-corrected chi connectivity index (χ4v) is 8.27. The number of ether oxygens (including phenoxy) is 7. The Labute approximate surface area is 398 Å². The van der Waals surface area contributed by atoms with Gasteiger partial charge in [0.25, 0.3) is 0 Å². The highest BCUT2D eigenvalue weighted by molar-refractivity contribution is 5.71. The van der Waals surface area contributed by atoms with E-state index in [9.17, 15) is 14.4 Å². The Hall–Kier alpha value is -1.99. The summed E-state index contributed by atoms with van der Waals surface area (Å²) >= 11 is 0. The first-order valence-corrected chi connectivity index (χ1v) is 27.3. The smallest absolute Gasteiger partial charge is 0.407 e. The summed E-state index contributed by atoms with van der Waals surface area (Å²) in [5.74, 6) is -0.809. The lowest BCUT2D eigenvalue weighted by Crippen LogP contribution is -2.34. The second kappa shape index (κ2) is 44.5. The van der Waals surface area contributed by atoms with Crippen LogP contribution in [-0.2, 0) is 42.7 Å². The Morgan fingerprint density at radius 1 is 0.462 bits per heavy atom. The Kier molecular flexibility index (Phi) is 41.8. The number of hydrogen-bond acceptors (Lipinski definition) is 11. The standard InChI is InChI=1S/C53H102N2O10/c1-7-13-17-21-25-29-39-59-51(60-40-30-26-22-18-14-8-2)36-34-49(56)64-47-44-46(54-53(58)63-43-33-38-55(11-5)12-6)45-48(47)65-50(57)35-37-52(61-41-31-27-23-19-15-9-3)62-42-32-28-24-20-16-10-4/h46-48,51-52H,7-45H2,1-6H3,(H,54,58). The maximum absolute atomic E-state index is 13.5. The van der Waals surface area contributed by atoms with E-state index >= 15 is 0 Å². The number of nitrogens with zero attached hydrogens (tertiary/aromatic N) is 1. The molecule has 0 radical (unpaired) electrons. The normalized spacial score (nSPS) is 16.2. The van der Waals surface area contributed by atoms with Crippen molar-refractivity contribution in [3.63, 3.8) is 0 Å². The molecule has 1 amide bonds. The molecule has 12 nitrogen and oxygen atoms in total. The maximum atomic E-state index is 13.5. The lowest BCUT2D eigenvalue weighted by atomic mass is 10.1. The lowest BCUT2D eigenvalue weighted by molar-refractivity contribution is -0.173. The minimum absolute atomic E-state index is 0.106. The summed E-state index contributed by atoms with van der Waals surface area (Å²) in [6.45, 7) is 18.6. The van der Waals surface area contributed by atoms with Crippen molar-refractivity contribution in [1.29, 1.82) is 0 Å². The molecule has 1 rings (SSSR count). The number of carbonyl (C=O) groups is 3. The molecular weight excluding hydrogens is 825 g/mol. The van der Waals surface area contributed by atoms with Crippen molar-refractivity contribution in [3.05, 3.63) is 0 Å². The van der Waals surface area contributed by atoms with E-state index in [0.29, 0.717) is 58.7 Å². The van der Waals surface area contributed by atoms with E-state index in [0.717, 1.165) is 77.4 Å². The van der Waals surface area contributed by atoms with Crippen LogP contribution in [0.2, 0.25) is 0 Å². The zero-order chi connectivity index (χ0) is 47.4. The van der Waals surface area contributed by atoms with Crippen LogP contribution in [0.15, 0.2) is 0 Å². The van der Waals surface area contributed by atoms with E-state index in [1.54, 1.807) is 0 Å². The molecule has 1 fully saturated rings. The van der Waals surface area contributed by atoms with Crippen LogP contribution >= 0.6 is 0 Å². The number of amides is 1. The highest BCUT2D eigenvalue weighted by atomic mass is 16.7. The largest absolute Gasteiger partial charge is 0.458 e. The van der Waals surface area contributed by atoms with Crippen LogP contribution in [0.1, 0.15) is 241 Å². The summed E-state index contributed by atoms with van der Waals surface area (Å²) in [5.41, 5.74) is 0. The van der Waals surface area contributed by atoms with Gasteiger partial charge in [0.1, 0.15) is 12.2 Å². The first-order valence-electron chi connectivity index (χ1n) is 27.3. The van der Waals surface area contributed by atoms with Crippen LogP contribution in [0.4, 0.5) is 4.79 Å². The van der Waals surface area contributed by atoms with Gasteiger partial charge in [0, 0.05) is 64.7 Å². The Morgan fingerprint density at radius 2 is 0.800 bits per heavy atom. The molecular formula is C53H102N2O10. The van der Waals surface area contributed by atoms with Gasteiger partial charge in [0.2, 0.25) is 0 Å². The zero-order valence-electron chi connectivity index (χ0n) is 43.0. The quantitative estimate of drug-likeness (QED) is 0.0271. The van der Waals surface area contributed by atoms with Crippen LogP contribution in [0.3, 0.4) is 0 Å². The van der Waals surface area contributed by atoms with Gasteiger partial charge >= 0.3 is 18.0 Å². The highest BCUT2D eigenvalue weighted by Gasteiger charge is 2.40. The minimum Gasteiger partial charge on any atom is -0.458 e. The third kappa shape index (κ3) is 35.8. The molecule has 0 aromatic rings. The van der Waals surface area contributed by atoms with Crippen molar-refractivity contribution >= 4 is 18.0 Å². The molecule has 1 aliphatic carbocycles. The van der Waals surface area contributed by atoms with E-state index in [1.807, 2.05) is 0 Å². The third-order valence-electron chi connectivity index (χ3n) is 12.5. The number of nitrogens with one attached hydrogen (secondary N) is 1. The number of hydrogen-bond donors (Lipinski definition) is 1. The summed E-state index contributed by atoms with van der Waals surface area (Å²) in [7, 11) is 0. The second-order valence-electron chi connectivity index (χ2n) is 18.4. The molecule has 1 aliphatic rings. The number of alkyl carbamates (subject to hydrolysis) is 1. The molecule has 0 saturated heterocycles. The predicted octanol–water partition coefficient (Wildman–Crippen LogP) is 13.2. The van der Waals surface area contributed by atoms with E-state index in [-0.39, 0.29) is 18.9 Å².